The first kappa shape index (κ1) is 15.9. The van der Waals surface area contributed by atoms with E-state index >= 15 is 0 Å². The molecule has 0 radical (unpaired) electrons. The van der Waals surface area contributed by atoms with Gasteiger partial charge in [0.05, 0.1) is 27.4 Å². The maximum absolute atomic E-state index is 12.3. The molecule has 4 nitrogen and oxygen atoms in total. The number of sulfonamides is 1. The number of rotatable bonds is 3. The summed E-state index contributed by atoms with van der Waals surface area (Å²) < 4.78 is 27.0. The van der Waals surface area contributed by atoms with Gasteiger partial charge in [-0.05, 0) is 36.4 Å². The van der Waals surface area contributed by atoms with Crippen LogP contribution < -0.4 is 4.72 Å². The van der Waals surface area contributed by atoms with Crippen LogP contribution in [0.5, 0.6) is 0 Å². The second kappa shape index (κ2) is 6.12. The van der Waals surface area contributed by atoms with Gasteiger partial charge in [0.15, 0.2) is 0 Å². The summed E-state index contributed by atoms with van der Waals surface area (Å²) in [4.78, 5) is -0.200. The fourth-order valence-electron chi connectivity index (χ4n) is 1.55. The molecule has 2 aromatic carbocycles. The summed E-state index contributed by atoms with van der Waals surface area (Å²) in [6, 6.07) is 10.2. The standard InChI is InChI=1S/C13H7Cl3N2O2S/c14-9-2-4-12(11(16)6-9)18-21(19,20)13-5-8(7-17)1-3-10(13)15/h1-6,18H. The molecule has 21 heavy (non-hydrogen) atoms. The summed E-state index contributed by atoms with van der Waals surface area (Å²) in [5, 5.41) is 9.38. The van der Waals surface area contributed by atoms with Gasteiger partial charge in [-0.15, -0.1) is 0 Å². The van der Waals surface area contributed by atoms with Gasteiger partial charge >= 0.3 is 0 Å². The maximum atomic E-state index is 12.3. The van der Waals surface area contributed by atoms with E-state index in [1.54, 1.807) is 0 Å². The predicted octanol–water partition coefficient (Wildman–Crippen LogP) is 4.32. The van der Waals surface area contributed by atoms with Crippen LogP contribution in [0.15, 0.2) is 41.3 Å². The van der Waals surface area contributed by atoms with E-state index in [1.807, 2.05) is 6.07 Å². The van der Waals surface area contributed by atoms with Crippen molar-refractivity contribution in [3.8, 4) is 6.07 Å². The number of benzene rings is 2. The Labute approximate surface area is 136 Å². The van der Waals surface area contributed by atoms with E-state index in [0.717, 1.165) is 0 Å². The lowest BCUT2D eigenvalue weighted by molar-refractivity contribution is 0.601. The first-order chi connectivity index (χ1) is 9.83. The maximum Gasteiger partial charge on any atom is 0.263 e. The molecule has 8 heteroatoms. The molecule has 2 rings (SSSR count). The van der Waals surface area contributed by atoms with Crippen molar-refractivity contribution in [1.29, 1.82) is 5.26 Å². The van der Waals surface area contributed by atoms with Crippen LogP contribution in [0.3, 0.4) is 0 Å². The molecule has 0 aromatic heterocycles. The van der Waals surface area contributed by atoms with Gasteiger partial charge in [-0.25, -0.2) is 8.42 Å². The zero-order chi connectivity index (χ0) is 15.6. The minimum atomic E-state index is -3.97. The average molecular weight is 362 g/mol. The summed E-state index contributed by atoms with van der Waals surface area (Å²) in [6.07, 6.45) is 0. The van der Waals surface area contributed by atoms with Gasteiger partial charge in [-0.2, -0.15) is 5.26 Å². The van der Waals surface area contributed by atoms with Crippen molar-refractivity contribution in [1.82, 2.24) is 0 Å². The number of halogens is 3. The third-order valence-electron chi connectivity index (χ3n) is 2.53. The minimum Gasteiger partial charge on any atom is -0.278 e. The summed E-state index contributed by atoms with van der Waals surface area (Å²) in [6.45, 7) is 0. The highest BCUT2D eigenvalue weighted by molar-refractivity contribution is 7.92. The van der Waals surface area contributed by atoms with Crippen LogP contribution in [0.1, 0.15) is 5.56 Å². The summed E-state index contributed by atoms with van der Waals surface area (Å²) in [7, 11) is -3.97. The lowest BCUT2D eigenvalue weighted by atomic mass is 10.2. The number of anilines is 1. The molecular formula is C13H7Cl3N2O2S. The summed E-state index contributed by atoms with van der Waals surface area (Å²) in [5.74, 6) is 0. The lowest BCUT2D eigenvalue weighted by Crippen LogP contribution is -2.14. The molecule has 0 saturated carbocycles. The van der Waals surface area contributed by atoms with Crippen molar-refractivity contribution < 1.29 is 8.42 Å². The molecule has 0 spiro atoms. The molecule has 0 heterocycles. The van der Waals surface area contributed by atoms with Gasteiger partial charge in [-0.3, -0.25) is 4.72 Å². The van der Waals surface area contributed by atoms with Gasteiger partial charge in [0.2, 0.25) is 0 Å². The highest BCUT2D eigenvalue weighted by Crippen LogP contribution is 2.29. The quantitative estimate of drug-likeness (QED) is 0.885. The van der Waals surface area contributed by atoms with Crippen LogP contribution >= 0.6 is 34.8 Å². The smallest absolute Gasteiger partial charge is 0.263 e. The van der Waals surface area contributed by atoms with Crippen LogP contribution in [-0.2, 0) is 10.0 Å². The van der Waals surface area contributed by atoms with E-state index in [1.165, 1.54) is 36.4 Å². The first-order valence-corrected chi connectivity index (χ1v) is 8.13. The second-order valence-corrected chi connectivity index (χ2v) is 6.89. The fraction of sp³-hybridized carbons (Fsp3) is 0. The molecule has 0 amide bonds. The van der Waals surface area contributed by atoms with Crippen LogP contribution in [0.25, 0.3) is 0 Å². The third kappa shape index (κ3) is 3.60. The molecule has 0 saturated heterocycles. The van der Waals surface area contributed by atoms with Crippen molar-refractivity contribution in [3.63, 3.8) is 0 Å². The van der Waals surface area contributed by atoms with E-state index in [-0.39, 0.29) is 26.2 Å². The Morgan fingerprint density at radius 3 is 2.33 bits per heavy atom. The minimum absolute atomic E-state index is 0.00610. The molecule has 1 N–H and O–H groups in total. The van der Waals surface area contributed by atoms with Crippen LogP contribution in [0, 0.1) is 11.3 Å². The molecule has 0 atom stereocenters. The van der Waals surface area contributed by atoms with Crippen molar-refractivity contribution >= 4 is 50.5 Å². The Hall–Kier alpha value is -1.45. The van der Waals surface area contributed by atoms with Crippen LogP contribution in [0.4, 0.5) is 5.69 Å². The number of nitrogens with zero attached hydrogens (tertiary/aromatic N) is 1. The first-order valence-electron chi connectivity index (χ1n) is 5.51. The lowest BCUT2D eigenvalue weighted by Gasteiger charge is -2.11. The highest BCUT2D eigenvalue weighted by Gasteiger charge is 2.20. The fourth-order valence-corrected chi connectivity index (χ4v) is 3.67. The predicted molar refractivity (Wildman–Crippen MR) is 83.4 cm³/mol. The van der Waals surface area contributed by atoms with Crippen molar-refractivity contribution in [2.24, 2.45) is 0 Å². The van der Waals surface area contributed by atoms with Crippen LogP contribution in [-0.4, -0.2) is 8.42 Å². The van der Waals surface area contributed by atoms with Gasteiger partial charge in [-0.1, -0.05) is 34.8 Å². The van der Waals surface area contributed by atoms with E-state index in [4.69, 9.17) is 40.1 Å². The van der Waals surface area contributed by atoms with Crippen LogP contribution in [0.2, 0.25) is 15.1 Å². The zero-order valence-corrected chi connectivity index (χ0v) is 13.4. The van der Waals surface area contributed by atoms with E-state index in [9.17, 15) is 8.42 Å². The van der Waals surface area contributed by atoms with Crippen molar-refractivity contribution in [2.75, 3.05) is 4.72 Å². The Balaban J connectivity index is 2.46. The second-order valence-electron chi connectivity index (χ2n) is 3.99. The summed E-state index contributed by atoms with van der Waals surface area (Å²) >= 11 is 17.6. The van der Waals surface area contributed by atoms with Gasteiger partial charge < -0.3 is 0 Å². The van der Waals surface area contributed by atoms with Crippen molar-refractivity contribution in [2.45, 2.75) is 4.90 Å². The van der Waals surface area contributed by atoms with Crippen molar-refractivity contribution in [3.05, 3.63) is 57.0 Å². The molecular weight excluding hydrogens is 355 g/mol. The van der Waals surface area contributed by atoms with Gasteiger partial charge in [0.1, 0.15) is 4.90 Å². The largest absolute Gasteiger partial charge is 0.278 e. The van der Waals surface area contributed by atoms with Gasteiger partial charge in [0.25, 0.3) is 10.0 Å². The Morgan fingerprint density at radius 1 is 1.00 bits per heavy atom. The SMILES string of the molecule is N#Cc1ccc(Cl)c(S(=O)(=O)Nc2ccc(Cl)cc2Cl)c1. The average Bonchev–Trinajstić information content (AvgIpc) is 2.42. The molecule has 0 aliphatic rings. The topological polar surface area (TPSA) is 70.0 Å². The number of nitrogens with one attached hydrogen (secondary N) is 1. The van der Waals surface area contributed by atoms with Gasteiger partial charge in [0, 0.05) is 5.02 Å². The number of hydrogen-bond acceptors (Lipinski definition) is 3. The molecule has 0 unspecified atom stereocenters. The van der Waals surface area contributed by atoms with E-state index < -0.39 is 10.0 Å². The Morgan fingerprint density at radius 2 is 1.71 bits per heavy atom. The number of nitriles is 1. The normalized spacial score (nSPS) is 11.0. The van der Waals surface area contributed by atoms with E-state index in [0.29, 0.717) is 5.02 Å². The molecule has 0 fully saturated rings. The van der Waals surface area contributed by atoms with E-state index in [2.05, 4.69) is 4.72 Å². The molecule has 108 valence electrons. The Bertz CT molecular complexity index is 845. The molecule has 0 bridgehead atoms. The Kier molecular flexibility index (Phi) is 4.64. The summed E-state index contributed by atoms with van der Waals surface area (Å²) in [5.41, 5.74) is 0.349. The highest BCUT2D eigenvalue weighted by atomic mass is 35.5. The monoisotopic (exact) mass is 360 g/mol. The third-order valence-corrected chi connectivity index (χ3v) is 4.92. The molecule has 0 aliphatic carbocycles. The number of hydrogen-bond donors (Lipinski definition) is 1. The molecule has 0 aliphatic heterocycles. The zero-order valence-electron chi connectivity index (χ0n) is 10.3. The molecule has 2 aromatic rings.